The summed E-state index contributed by atoms with van der Waals surface area (Å²) in [5.41, 5.74) is 1.28. The Balaban J connectivity index is 1.51. The first-order chi connectivity index (χ1) is 11.8. The number of H-pyrrole nitrogens is 1. The van der Waals surface area contributed by atoms with Crippen molar-refractivity contribution in [2.24, 2.45) is 0 Å². The minimum Gasteiger partial charge on any atom is -0.333 e. The molecule has 6 heteroatoms. The van der Waals surface area contributed by atoms with Gasteiger partial charge in [0.15, 0.2) is 0 Å². The van der Waals surface area contributed by atoms with Gasteiger partial charge in [0.05, 0.1) is 19.3 Å². The Bertz CT molecular complexity index is 630. The molecular weight excluding hydrogens is 320 g/mol. The van der Waals surface area contributed by atoms with Gasteiger partial charge in [-0.05, 0) is 48.9 Å². The molecule has 3 heterocycles. The molecule has 3 rings (SSSR count). The van der Waals surface area contributed by atoms with E-state index in [-0.39, 0.29) is 5.91 Å². The van der Waals surface area contributed by atoms with Crippen LogP contribution in [0.2, 0.25) is 0 Å². The number of amides is 1. The summed E-state index contributed by atoms with van der Waals surface area (Å²) in [6.07, 6.45) is 7.87. The number of thiophene rings is 1. The number of aromatic amines is 1. The number of hydrogen-bond acceptors (Lipinski definition) is 4. The molecule has 1 amide bonds. The third-order valence-corrected chi connectivity index (χ3v) is 5.43. The van der Waals surface area contributed by atoms with Gasteiger partial charge in [-0.2, -0.15) is 5.10 Å². The maximum absolute atomic E-state index is 12.7. The van der Waals surface area contributed by atoms with Gasteiger partial charge < -0.3 is 4.90 Å². The fourth-order valence-electron chi connectivity index (χ4n) is 3.20. The van der Waals surface area contributed by atoms with Gasteiger partial charge in [0, 0.05) is 17.6 Å². The molecule has 0 atom stereocenters. The molecule has 5 nitrogen and oxygen atoms in total. The summed E-state index contributed by atoms with van der Waals surface area (Å²) in [6, 6.07) is 4.10. The number of hydrogen-bond donors (Lipinski definition) is 1. The molecule has 0 unspecified atom stereocenters. The number of aromatic nitrogens is 2. The first-order valence-electron chi connectivity index (χ1n) is 8.38. The molecule has 1 N–H and O–H groups in total. The molecule has 0 spiro atoms. The van der Waals surface area contributed by atoms with E-state index in [1.54, 1.807) is 17.4 Å². The number of likely N-dealkylation sites (tertiary alicyclic amines) is 1. The summed E-state index contributed by atoms with van der Waals surface area (Å²) in [7, 11) is 0. The molecular formula is C18H24N4OS. The van der Waals surface area contributed by atoms with Gasteiger partial charge in [0.1, 0.15) is 0 Å². The summed E-state index contributed by atoms with van der Waals surface area (Å²) < 4.78 is 0. The zero-order valence-electron chi connectivity index (χ0n) is 13.9. The molecule has 1 fully saturated rings. The third kappa shape index (κ3) is 4.33. The van der Waals surface area contributed by atoms with E-state index in [4.69, 9.17) is 0 Å². The second kappa shape index (κ2) is 8.26. The van der Waals surface area contributed by atoms with Crippen LogP contribution in [-0.4, -0.2) is 52.1 Å². The summed E-state index contributed by atoms with van der Waals surface area (Å²) in [6.45, 7) is 7.48. The Labute approximate surface area is 147 Å². The van der Waals surface area contributed by atoms with Crippen molar-refractivity contribution in [1.29, 1.82) is 0 Å². The first-order valence-corrected chi connectivity index (χ1v) is 9.26. The largest absolute Gasteiger partial charge is 0.333 e. The Morgan fingerprint density at radius 1 is 1.50 bits per heavy atom. The van der Waals surface area contributed by atoms with Gasteiger partial charge in [0.25, 0.3) is 0 Å². The lowest BCUT2D eigenvalue weighted by molar-refractivity contribution is -0.132. The van der Waals surface area contributed by atoms with Crippen LogP contribution in [0.15, 0.2) is 42.6 Å². The molecule has 2 aromatic rings. The molecule has 1 aliphatic heterocycles. The van der Waals surface area contributed by atoms with Crippen LogP contribution in [-0.2, 0) is 11.3 Å². The van der Waals surface area contributed by atoms with Crippen LogP contribution in [0, 0.1) is 0 Å². The second-order valence-electron chi connectivity index (χ2n) is 6.22. The first kappa shape index (κ1) is 16.9. The number of carbonyl (C=O) groups excluding carboxylic acids is 1. The minimum absolute atomic E-state index is 0.185. The highest BCUT2D eigenvalue weighted by molar-refractivity contribution is 7.09. The van der Waals surface area contributed by atoms with Crippen LogP contribution in [0.1, 0.15) is 29.2 Å². The van der Waals surface area contributed by atoms with E-state index in [0.29, 0.717) is 25.6 Å². The van der Waals surface area contributed by atoms with Crippen molar-refractivity contribution in [3.63, 3.8) is 0 Å². The number of piperidine rings is 1. The second-order valence-corrected chi connectivity index (χ2v) is 7.26. The number of nitrogens with zero attached hydrogens (tertiary/aromatic N) is 3. The van der Waals surface area contributed by atoms with Crippen molar-refractivity contribution >= 4 is 17.2 Å². The maximum atomic E-state index is 12.7. The predicted molar refractivity (Wildman–Crippen MR) is 96.9 cm³/mol. The molecule has 0 bridgehead atoms. The molecule has 0 aromatic carbocycles. The molecule has 0 radical (unpaired) electrons. The highest BCUT2D eigenvalue weighted by Gasteiger charge is 2.24. The van der Waals surface area contributed by atoms with Crippen molar-refractivity contribution in [3.05, 3.63) is 53.0 Å². The number of rotatable bonds is 7. The van der Waals surface area contributed by atoms with E-state index in [0.717, 1.165) is 25.9 Å². The van der Waals surface area contributed by atoms with E-state index in [2.05, 4.69) is 27.7 Å². The van der Waals surface area contributed by atoms with E-state index in [1.165, 1.54) is 10.4 Å². The molecule has 1 aliphatic rings. The molecule has 0 aliphatic carbocycles. The standard InChI is InChI=1S/C18H24N4OS/c1-2-7-22(13-17-4-3-10-24-17)18(23)14-21-8-5-15(6-9-21)16-11-19-20-12-16/h2-4,10-12,15H,1,5-9,13-14H2,(H,19,20). The quantitative estimate of drug-likeness (QED) is 0.786. The molecule has 128 valence electrons. The lowest BCUT2D eigenvalue weighted by Gasteiger charge is -2.32. The van der Waals surface area contributed by atoms with Gasteiger partial charge >= 0.3 is 0 Å². The third-order valence-electron chi connectivity index (χ3n) is 4.57. The highest BCUT2D eigenvalue weighted by atomic mass is 32.1. The van der Waals surface area contributed by atoms with Gasteiger partial charge in [-0.25, -0.2) is 0 Å². The topological polar surface area (TPSA) is 52.2 Å². The van der Waals surface area contributed by atoms with Crippen LogP contribution in [0.25, 0.3) is 0 Å². The average Bonchev–Trinajstić information content (AvgIpc) is 3.29. The summed E-state index contributed by atoms with van der Waals surface area (Å²) in [5, 5.41) is 8.97. The van der Waals surface area contributed by atoms with Crippen molar-refractivity contribution in [1.82, 2.24) is 20.0 Å². The van der Waals surface area contributed by atoms with Crippen molar-refractivity contribution < 1.29 is 4.79 Å². The van der Waals surface area contributed by atoms with Crippen LogP contribution < -0.4 is 0 Å². The predicted octanol–water partition coefficient (Wildman–Crippen LogP) is 2.87. The van der Waals surface area contributed by atoms with E-state index < -0.39 is 0 Å². The highest BCUT2D eigenvalue weighted by Crippen LogP contribution is 2.27. The van der Waals surface area contributed by atoms with Crippen molar-refractivity contribution in [2.75, 3.05) is 26.2 Å². The van der Waals surface area contributed by atoms with Gasteiger partial charge in [-0.3, -0.25) is 14.8 Å². The fraction of sp³-hybridized carbons (Fsp3) is 0.444. The van der Waals surface area contributed by atoms with E-state index >= 15 is 0 Å². The van der Waals surface area contributed by atoms with Crippen molar-refractivity contribution in [2.45, 2.75) is 25.3 Å². The monoisotopic (exact) mass is 344 g/mol. The minimum atomic E-state index is 0.185. The lowest BCUT2D eigenvalue weighted by atomic mass is 9.91. The molecule has 1 saturated heterocycles. The normalized spacial score (nSPS) is 16.2. The summed E-state index contributed by atoms with van der Waals surface area (Å²) in [4.78, 5) is 18.0. The Kier molecular flexibility index (Phi) is 5.82. The maximum Gasteiger partial charge on any atom is 0.237 e. The Morgan fingerprint density at radius 2 is 2.33 bits per heavy atom. The smallest absolute Gasteiger partial charge is 0.237 e. The van der Waals surface area contributed by atoms with E-state index in [9.17, 15) is 4.79 Å². The fourth-order valence-corrected chi connectivity index (χ4v) is 3.92. The summed E-state index contributed by atoms with van der Waals surface area (Å²) >= 11 is 1.69. The lowest BCUT2D eigenvalue weighted by Crippen LogP contribution is -2.43. The Hall–Kier alpha value is -1.92. The van der Waals surface area contributed by atoms with Crippen LogP contribution in [0.4, 0.5) is 0 Å². The van der Waals surface area contributed by atoms with Gasteiger partial charge in [-0.15, -0.1) is 17.9 Å². The summed E-state index contributed by atoms with van der Waals surface area (Å²) in [5.74, 6) is 0.746. The number of carbonyl (C=O) groups is 1. The molecule has 24 heavy (non-hydrogen) atoms. The average molecular weight is 344 g/mol. The van der Waals surface area contributed by atoms with Crippen molar-refractivity contribution in [3.8, 4) is 0 Å². The molecule has 2 aromatic heterocycles. The van der Waals surface area contributed by atoms with Crippen LogP contribution in [0.3, 0.4) is 0 Å². The SMILES string of the molecule is C=CCN(Cc1cccs1)C(=O)CN1CCC(c2cn[nH]c2)CC1. The van der Waals surface area contributed by atoms with Crippen LogP contribution in [0.5, 0.6) is 0 Å². The zero-order chi connectivity index (χ0) is 16.8. The number of nitrogens with one attached hydrogen (secondary N) is 1. The van der Waals surface area contributed by atoms with Gasteiger partial charge in [0.2, 0.25) is 5.91 Å². The van der Waals surface area contributed by atoms with E-state index in [1.807, 2.05) is 28.7 Å². The zero-order valence-corrected chi connectivity index (χ0v) is 14.7. The molecule has 0 saturated carbocycles. The van der Waals surface area contributed by atoms with Gasteiger partial charge in [-0.1, -0.05) is 12.1 Å². The Morgan fingerprint density at radius 3 is 2.96 bits per heavy atom. The van der Waals surface area contributed by atoms with Crippen LogP contribution >= 0.6 is 11.3 Å².